The number of nitrogens with two attached hydrogens (primary N) is 1. The Labute approximate surface area is 103 Å². The van der Waals surface area contributed by atoms with Crippen molar-refractivity contribution in [1.29, 1.82) is 0 Å². The fourth-order valence-corrected chi connectivity index (χ4v) is 2.45. The Morgan fingerprint density at radius 3 is 2.88 bits per heavy atom. The molecule has 0 bridgehead atoms. The van der Waals surface area contributed by atoms with Crippen LogP contribution in [0.15, 0.2) is 45.2 Å². The molecule has 4 nitrogen and oxygen atoms in total. The van der Waals surface area contributed by atoms with Crippen molar-refractivity contribution in [3.05, 3.63) is 51.9 Å². The molecular weight excluding hydrogens is 234 g/mol. The number of benzene rings is 1. The normalized spacial score (nSPS) is 10.5. The maximum absolute atomic E-state index is 11.3. The molecule has 0 saturated heterocycles. The Morgan fingerprint density at radius 2 is 2.18 bits per heavy atom. The summed E-state index contributed by atoms with van der Waals surface area (Å²) in [5.74, 6) is 0. The topological polar surface area (TPSA) is 71.8 Å². The number of hydrogen-bond acceptors (Lipinski definition) is 4. The van der Waals surface area contributed by atoms with Crippen LogP contribution in [0.25, 0.3) is 0 Å². The highest BCUT2D eigenvalue weighted by Gasteiger charge is 2.05. The van der Waals surface area contributed by atoms with Gasteiger partial charge < -0.3 is 10.7 Å². The van der Waals surface area contributed by atoms with Gasteiger partial charge in [-0.1, -0.05) is 30.0 Å². The summed E-state index contributed by atoms with van der Waals surface area (Å²) in [6.45, 7) is 2.27. The Hall–Kier alpha value is -1.59. The average Bonchev–Trinajstić information content (AvgIpc) is 2.28. The van der Waals surface area contributed by atoms with Crippen molar-refractivity contribution in [3.63, 3.8) is 0 Å². The van der Waals surface area contributed by atoms with Crippen LogP contribution in [-0.2, 0) is 6.54 Å². The summed E-state index contributed by atoms with van der Waals surface area (Å²) in [4.78, 5) is 19.3. The van der Waals surface area contributed by atoms with Crippen LogP contribution in [0.5, 0.6) is 0 Å². The van der Waals surface area contributed by atoms with E-state index >= 15 is 0 Å². The molecule has 5 heteroatoms. The largest absolute Gasteiger partial charge is 0.326 e. The summed E-state index contributed by atoms with van der Waals surface area (Å²) in [7, 11) is 0. The molecule has 0 aliphatic rings. The first-order chi connectivity index (χ1) is 8.19. The fourth-order valence-electron chi connectivity index (χ4n) is 1.48. The number of aromatic nitrogens is 2. The minimum atomic E-state index is -0.134. The van der Waals surface area contributed by atoms with Crippen molar-refractivity contribution in [2.45, 2.75) is 23.5 Å². The lowest BCUT2D eigenvalue weighted by Gasteiger charge is -2.06. The van der Waals surface area contributed by atoms with Gasteiger partial charge in [0, 0.05) is 23.2 Å². The van der Waals surface area contributed by atoms with Crippen LogP contribution in [-0.4, -0.2) is 9.97 Å². The zero-order valence-electron chi connectivity index (χ0n) is 9.43. The highest BCUT2D eigenvalue weighted by atomic mass is 32.2. The zero-order valence-corrected chi connectivity index (χ0v) is 10.3. The van der Waals surface area contributed by atoms with Crippen molar-refractivity contribution in [2.24, 2.45) is 5.73 Å². The van der Waals surface area contributed by atoms with Crippen LogP contribution < -0.4 is 11.3 Å². The number of H-pyrrole nitrogens is 1. The van der Waals surface area contributed by atoms with E-state index in [-0.39, 0.29) is 5.56 Å². The number of rotatable bonds is 3. The first-order valence-electron chi connectivity index (χ1n) is 5.23. The predicted octanol–water partition coefficient (Wildman–Crippen LogP) is 1.69. The van der Waals surface area contributed by atoms with Gasteiger partial charge in [0.2, 0.25) is 0 Å². The third kappa shape index (κ3) is 2.95. The second-order valence-electron chi connectivity index (χ2n) is 3.61. The molecule has 0 fully saturated rings. The van der Waals surface area contributed by atoms with E-state index in [2.05, 4.69) is 9.97 Å². The summed E-state index contributed by atoms with van der Waals surface area (Å²) in [6, 6.07) is 9.29. The molecule has 0 radical (unpaired) electrons. The minimum Gasteiger partial charge on any atom is -0.326 e. The Bertz CT molecular complexity index is 580. The Kier molecular flexibility index (Phi) is 3.61. The molecule has 1 aromatic carbocycles. The van der Waals surface area contributed by atoms with E-state index in [1.807, 2.05) is 24.3 Å². The molecule has 1 aromatic heterocycles. The molecule has 0 spiro atoms. The predicted molar refractivity (Wildman–Crippen MR) is 68.1 cm³/mol. The molecule has 0 atom stereocenters. The molecule has 2 aromatic rings. The molecule has 1 heterocycles. The SMILES string of the molecule is Cc1cc(=O)[nH]c(Sc2ccccc2CN)n1. The van der Waals surface area contributed by atoms with E-state index < -0.39 is 0 Å². The van der Waals surface area contributed by atoms with Crippen LogP contribution in [0.3, 0.4) is 0 Å². The fraction of sp³-hybridized carbons (Fsp3) is 0.167. The van der Waals surface area contributed by atoms with Crippen LogP contribution in [0.2, 0.25) is 0 Å². The van der Waals surface area contributed by atoms with Gasteiger partial charge in [-0.3, -0.25) is 4.79 Å². The van der Waals surface area contributed by atoms with Gasteiger partial charge in [-0.15, -0.1) is 0 Å². The molecular formula is C12H13N3OS. The van der Waals surface area contributed by atoms with Crippen molar-refractivity contribution in [1.82, 2.24) is 9.97 Å². The number of aryl methyl sites for hydroxylation is 1. The van der Waals surface area contributed by atoms with Gasteiger partial charge in [-0.2, -0.15) is 0 Å². The molecule has 88 valence electrons. The molecule has 0 saturated carbocycles. The van der Waals surface area contributed by atoms with Crippen LogP contribution >= 0.6 is 11.8 Å². The molecule has 0 amide bonds. The molecule has 0 aliphatic carbocycles. The lowest BCUT2D eigenvalue weighted by atomic mass is 10.2. The van der Waals surface area contributed by atoms with Crippen molar-refractivity contribution < 1.29 is 0 Å². The highest BCUT2D eigenvalue weighted by molar-refractivity contribution is 7.99. The number of nitrogens with zero attached hydrogens (tertiary/aromatic N) is 1. The summed E-state index contributed by atoms with van der Waals surface area (Å²) in [5.41, 5.74) is 7.28. The average molecular weight is 247 g/mol. The van der Waals surface area contributed by atoms with Crippen molar-refractivity contribution in [2.75, 3.05) is 0 Å². The monoisotopic (exact) mass is 247 g/mol. The van der Waals surface area contributed by atoms with E-state index in [9.17, 15) is 4.79 Å². The van der Waals surface area contributed by atoms with E-state index in [4.69, 9.17) is 5.73 Å². The zero-order chi connectivity index (χ0) is 12.3. The lowest BCUT2D eigenvalue weighted by molar-refractivity contribution is 0.903. The standard InChI is InChI=1S/C12H13N3OS/c1-8-6-11(16)15-12(14-8)17-10-5-3-2-4-9(10)7-13/h2-6H,7,13H2,1H3,(H,14,15,16). The first-order valence-corrected chi connectivity index (χ1v) is 6.04. The van der Waals surface area contributed by atoms with E-state index in [0.29, 0.717) is 17.4 Å². The van der Waals surface area contributed by atoms with Crippen LogP contribution in [0.4, 0.5) is 0 Å². The van der Waals surface area contributed by atoms with Gasteiger partial charge in [0.05, 0.1) is 0 Å². The summed E-state index contributed by atoms with van der Waals surface area (Å²) in [5, 5.41) is 0.593. The molecule has 2 rings (SSSR count). The van der Waals surface area contributed by atoms with Gasteiger partial charge in [0.15, 0.2) is 5.16 Å². The van der Waals surface area contributed by atoms with E-state index in [0.717, 1.165) is 10.5 Å². The van der Waals surface area contributed by atoms with E-state index in [1.54, 1.807) is 6.92 Å². The minimum absolute atomic E-state index is 0.134. The number of nitrogens with one attached hydrogen (secondary N) is 1. The molecule has 17 heavy (non-hydrogen) atoms. The molecule has 3 N–H and O–H groups in total. The number of hydrogen-bond donors (Lipinski definition) is 2. The third-order valence-corrected chi connectivity index (χ3v) is 3.25. The quantitative estimate of drug-likeness (QED) is 0.810. The second kappa shape index (κ2) is 5.16. The maximum atomic E-state index is 11.3. The van der Waals surface area contributed by atoms with Gasteiger partial charge in [0.1, 0.15) is 0 Å². The lowest BCUT2D eigenvalue weighted by Crippen LogP contribution is -2.08. The summed E-state index contributed by atoms with van der Waals surface area (Å²) in [6.07, 6.45) is 0. The van der Waals surface area contributed by atoms with Gasteiger partial charge >= 0.3 is 0 Å². The van der Waals surface area contributed by atoms with Gasteiger partial charge in [-0.05, 0) is 18.6 Å². The first kappa shape index (κ1) is 11.9. The Morgan fingerprint density at radius 1 is 1.41 bits per heavy atom. The highest BCUT2D eigenvalue weighted by Crippen LogP contribution is 2.26. The van der Waals surface area contributed by atoms with Crippen molar-refractivity contribution >= 4 is 11.8 Å². The smallest absolute Gasteiger partial charge is 0.251 e. The van der Waals surface area contributed by atoms with E-state index in [1.165, 1.54) is 17.8 Å². The third-order valence-electron chi connectivity index (χ3n) is 2.25. The summed E-state index contributed by atoms with van der Waals surface area (Å²) < 4.78 is 0. The second-order valence-corrected chi connectivity index (χ2v) is 4.64. The van der Waals surface area contributed by atoms with Gasteiger partial charge in [0.25, 0.3) is 5.56 Å². The molecule has 0 aliphatic heterocycles. The van der Waals surface area contributed by atoms with Crippen LogP contribution in [0.1, 0.15) is 11.3 Å². The maximum Gasteiger partial charge on any atom is 0.251 e. The Balaban J connectivity index is 2.34. The molecule has 0 unspecified atom stereocenters. The van der Waals surface area contributed by atoms with Crippen LogP contribution in [0, 0.1) is 6.92 Å². The summed E-state index contributed by atoms with van der Waals surface area (Å²) >= 11 is 1.42. The number of aromatic amines is 1. The van der Waals surface area contributed by atoms with Crippen molar-refractivity contribution in [3.8, 4) is 0 Å². The van der Waals surface area contributed by atoms with Gasteiger partial charge in [-0.25, -0.2) is 4.98 Å².